The average Bonchev–Trinajstić information content (AvgIpc) is 2.37. The third-order valence-electron chi connectivity index (χ3n) is 2.28. The van der Waals surface area contributed by atoms with E-state index in [1.54, 1.807) is 24.3 Å². The Kier molecular flexibility index (Phi) is 5.86. The van der Waals surface area contributed by atoms with Gasteiger partial charge in [-0.15, -0.1) is 6.42 Å². The second kappa shape index (κ2) is 7.41. The molecule has 5 nitrogen and oxygen atoms in total. The summed E-state index contributed by atoms with van der Waals surface area (Å²) in [6.45, 7) is 0.176. The van der Waals surface area contributed by atoms with Crippen LogP contribution in [-0.2, 0) is 9.59 Å². The molecule has 6 heteroatoms. The first kappa shape index (κ1) is 15.0. The van der Waals surface area contributed by atoms with E-state index in [1.165, 1.54) is 0 Å². The van der Waals surface area contributed by atoms with Gasteiger partial charge in [0.1, 0.15) is 0 Å². The number of carboxylic acids is 1. The molecule has 0 heterocycles. The Morgan fingerprint density at radius 1 is 1.42 bits per heavy atom. The molecule has 0 fully saturated rings. The molecule has 0 bridgehead atoms. The minimum absolute atomic E-state index is 0.0571. The van der Waals surface area contributed by atoms with Gasteiger partial charge in [0.25, 0.3) is 0 Å². The van der Waals surface area contributed by atoms with Gasteiger partial charge in [0.05, 0.1) is 13.1 Å². The van der Waals surface area contributed by atoms with Crippen LogP contribution < -0.4 is 10.6 Å². The van der Waals surface area contributed by atoms with Crippen molar-refractivity contribution in [3.63, 3.8) is 0 Å². The van der Waals surface area contributed by atoms with E-state index in [2.05, 4.69) is 16.6 Å². The molecule has 0 unspecified atom stereocenters. The van der Waals surface area contributed by atoms with E-state index >= 15 is 0 Å². The number of hydrogen-bond acceptors (Lipinski definition) is 3. The number of nitrogens with one attached hydrogen (secondary N) is 2. The molecule has 0 aromatic heterocycles. The van der Waals surface area contributed by atoms with Gasteiger partial charge >= 0.3 is 5.97 Å². The van der Waals surface area contributed by atoms with Gasteiger partial charge in [-0.1, -0.05) is 35.7 Å². The first-order valence-electron chi connectivity index (χ1n) is 5.47. The Morgan fingerprint density at radius 2 is 2.11 bits per heavy atom. The smallest absolute Gasteiger partial charge is 0.330 e. The Bertz CT molecular complexity index is 511. The maximum absolute atomic E-state index is 11.6. The van der Waals surface area contributed by atoms with Crippen LogP contribution in [0.2, 0.25) is 5.02 Å². The first-order valence-corrected chi connectivity index (χ1v) is 5.85. The summed E-state index contributed by atoms with van der Waals surface area (Å²) < 4.78 is 0. The predicted molar refractivity (Wildman–Crippen MR) is 71.7 cm³/mol. The van der Waals surface area contributed by atoms with Gasteiger partial charge in [0, 0.05) is 10.6 Å². The highest BCUT2D eigenvalue weighted by molar-refractivity contribution is 6.31. The number of carboxylic acid groups (broad SMARTS) is 1. The second-order valence-corrected chi connectivity index (χ2v) is 4.08. The van der Waals surface area contributed by atoms with Crippen LogP contribution >= 0.6 is 11.6 Å². The van der Waals surface area contributed by atoms with Crippen LogP contribution in [-0.4, -0.2) is 30.1 Å². The molecule has 0 saturated heterocycles. The van der Waals surface area contributed by atoms with Crippen LogP contribution in [0.3, 0.4) is 0 Å². The Hall–Kier alpha value is -2.03. The Balaban J connectivity index is 2.75. The van der Waals surface area contributed by atoms with Crippen LogP contribution in [0.25, 0.3) is 0 Å². The summed E-state index contributed by atoms with van der Waals surface area (Å²) in [5.41, 5.74) is 0.335. The van der Waals surface area contributed by atoms with Crippen molar-refractivity contribution in [1.82, 2.24) is 10.6 Å². The van der Waals surface area contributed by atoms with Gasteiger partial charge in [-0.05, 0) is 6.07 Å². The molecule has 1 amide bonds. The van der Waals surface area contributed by atoms with Crippen molar-refractivity contribution in [2.45, 2.75) is 6.04 Å². The minimum Gasteiger partial charge on any atom is -0.479 e. The lowest BCUT2D eigenvalue weighted by Crippen LogP contribution is -2.39. The molecule has 0 spiro atoms. The van der Waals surface area contributed by atoms with Crippen molar-refractivity contribution < 1.29 is 14.7 Å². The quantitative estimate of drug-likeness (QED) is 0.532. The summed E-state index contributed by atoms with van der Waals surface area (Å²) in [5, 5.41) is 14.5. The topological polar surface area (TPSA) is 78.4 Å². The molecule has 1 aromatic rings. The monoisotopic (exact) mass is 280 g/mol. The lowest BCUT2D eigenvalue weighted by Gasteiger charge is -2.16. The van der Waals surface area contributed by atoms with Gasteiger partial charge in [-0.3, -0.25) is 10.1 Å². The number of amides is 1. The maximum atomic E-state index is 11.6. The molecule has 3 N–H and O–H groups in total. The number of halogens is 1. The largest absolute Gasteiger partial charge is 0.479 e. The number of rotatable bonds is 6. The molecule has 1 atom stereocenters. The molecule has 100 valence electrons. The third kappa shape index (κ3) is 4.62. The van der Waals surface area contributed by atoms with Crippen LogP contribution in [0.5, 0.6) is 0 Å². The van der Waals surface area contributed by atoms with Gasteiger partial charge < -0.3 is 10.4 Å². The highest BCUT2D eigenvalue weighted by Gasteiger charge is 2.23. The molecule has 0 radical (unpaired) electrons. The standard InChI is InChI=1S/C13H13ClN2O3/c1-2-7-15-8-11(17)16-12(13(18)19)9-5-3-4-6-10(9)14/h1,3-6,12,15H,7-8H2,(H,16,17)(H,18,19)/t12-/m1/s1. The molecule has 1 rings (SSSR count). The highest BCUT2D eigenvalue weighted by atomic mass is 35.5. The fourth-order valence-corrected chi connectivity index (χ4v) is 1.69. The lowest BCUT2D eigenvalue weighted by atomic mass is 10.1. The zero-order valence-electron chi connectivity index (χ0n) is 10.0. The zero-order valence-corrected chi connectivity index (χ0v) is 10.8. The fraction of sp³-hybridized carbons (Fsp3) is 0.231. The molecular formula is C13H13ClN2O3. The van der Waals surface area contributed by atoms with E-state index in [4.69, 9.17) is 23.1 Å². The Morgan fingerprint density at radius 3 is 2.68 bits per heavy atom. The van der Waals surface area contributed by atoms with Gasteiger partial charge in [0.15, 0.2) is 6.04 Å². The van der Waals surface area contributed by atoms with E-state index in [1.807, 2.05) is 0 Å². The molecule has 0 saturated carbocycles. The summed E-state index contributed by atoms with van der Waals surface area (Å²) in [7, 11) is 0. The highest BCUT2D eigenvalue weighted by Crippen LogP contribution is 2.22. The van der Waals surface area contributed by atoms with Crippen LogP contribution in [0.4, 0.5) is 0 Å². The molecule has 0 aliphatic heterocycles. The van der Waals surface area contributed by atoms with Crippen molar-refractivity contribution in [2.75, 3.05) is 13.1 Å². The number of benzene rings is 1. The molecule has 1 aromatic carbocycles. The summed E-state index contributed by atoms with van der Waals surface area (Å²) >= 11 is 5.92. The average molecular weight is 281 g/mol. The van der Waals surface area contributed by atoms with Gasteiger partial charge in [-0.25, -0.2) is 4.79 Å². The fourth-order valence-electron chi connectivity index (χ4n) is 1.44. The molecule has 19 heavy (non-hydrogen) atoms. The summed E-state index contributed by atoms with van der Waals surface area (Å²) in [6, 6.07) is 5.26. The molecule has 0 aliphatic carbocycles. The first-order chi connectivity index (χ1) is 9.06. The van der Waals surface area contributed by atoms with Crippen molar-refractivity contribution in [3.05, 3.63) is 34.9 Å². The predicted octanol–water partition coefficient (Wildman–Crippen LogP) is 0.805. The van der Waals surface area contributed by atoms with E-state index in [-0.39, 0.29) is 18.1 Å². The minimum atomic E-state index is -1.19. The third-order valence-corrected chi connectivity index (χ3v) is 2.63. The maximum Gasteiger partial charge on any atom is 0.330 e. The summed E-state index contributed by atoms with van der Waals surface area (Å²) in [4.78, 5) is 22.8. The zero-order chi connectivity index (χ0) is 14.3. The lowest BCUT2D eigenvalue weighted by molar-refractivity contribution is -0.141. The van der Waals surface area contributed by atoms with Crippen LogP contribution in [0, 0.1) is 12.3 Å². The number of aliphatic carboxylic acids is 1. The number of carbonyl (C=O) groups excluding carboxylic acids is 1. The van der Waals surface area contributed by atoms with E-state index in [9.17, 15) is 9.59 Å². The molecule has 0 aliphatic rings. The van der Waals surface area contributed by atoms with E-state index in [0.717, 1.165) is 0 Å². The normalized spacial score (nSPS) is 11.4. The summed E-state index contributed by atoms with van der Waals surface area (Å²) in [5.74, 6) is 0.660. The molecular weight excluding hydrogens is 268 g/mol. The van der Waals surface area contributed by atoms with Crippen molar-refractivity contribution in [1.29, 1.82) is 0 Å². The van der Waals surface area contributed by atoms with Crippen molar-refractivity contribution in [2.24, 2.45) is 0 Å². The van der Waals surface area contributed by atoms with Crippen LogP contribution in [0.15, 0.2) is 24.3 Å². The SMILES string of the molecule is C#CCNCC(=O)N[C@@H](C(=O)O)c1ccccc1Cl. The summed E-state index contributed by atoms with van der Waals surface area (Å²) in [6.07, 6.45) is 5.02. The second-order valence-electron chi connectivity index (χ2n) is 3.67. The van der Waals surface area contributed by atoms with Crippen molar-refractivity contribution in [3.8, 4) is 12.3 Å². The van der Waals surface area contributed by atoms with E-state index in [0.29, 0.717) is 5.56 Å². The van der Waals surface area contributed by atoms with Gasteiger partial charge in [0.2, 0.25) is 5.91 Å². The van der Waals surface area contributed by atoms with Gasteiger partial charge in [-0.2, -0.15) is 0 Å². The van der Waals surface area contributed by atoms with Crippen LogP contribution in [0.1, 0.15) is 11.6 Å². The Labute approximate surface area is 116 Å². The number of carbonyl (C=O) groups is 2. The number of terminal acetylenes is 1. The van der Waals surface area contributed by atoms with E-state index < -0.39 is 17.9 Å². The van der Waals surface area contributed by atoms with Crippen molar-refractivity contribution >= 4 is 23.5 Å². The number of hydrogen-bond donors (Lipinski definition) is 3.